The Labute approximate surface area is 218 Å². The number of hydrogen-bond donors (Lipinski definition) is 2. The van der Waals surface area contributed by atoms with E-state index in [1.54, 1.807) is 19.1 Å². The van der Waals surface area contributed by atoms with Gasteiger partial charge in [-0.15, -0.1) is 0 Å². The van der Waals surface area contributed by atoms with E-state index in [9.17, 15) is 9.59 Å². The Hall–Kier alpha value is -3.90. The first kappa shape index (κ1) is 24.8. The van der Waals surface area contributed by atoms with Crippen LogP contribution in [0.4, 0.5) is 11.4 Å². The molecule has 0 spiro atoms. The number of nitrogens with one attached hydrogen (secondary N) is 2. The second kappa shape index (κ2) is 11.4. The number of rotatable bonds is 7. The molecule has 0 unspecified atom stereocenters. The molecule has 0 aromatic heterocycles. The highest BCUT2D eigenvalue weighted by Crippen LogP contribution is 2.38. The minimum absolute atomic E-state index is 0.208. The summed E-state index contributed by atoms with van der Waals surface area (Å²) >= 11 is 0. The molecule has 37 heavy (non-hydrogen) atoms. The van der Waals surface area contributed by atoms with Crippen molar-refractivity contribution in [2.45, 2.75) is 39.2 Å². The van der Waals surface area contributed by atoms with Crippen LogP contribution in [0.5, 0.6) is 0 Å². The average molecular weight is 496 g/mol. The van der Waals surface area contributed by atoms with E-state index in [2.05, 4.69) is 39.8 Å². The number of likely N-dealkylation sites (tertiary alicyclic amines) is 1. The van der Waals surface area contributed by atoms with Crippen LogP contribution in [0.25, 0.3) is 11.3 Å². The van der Waals surface area contributed by atoms with Crippen LogP contribution in [0.3, 0.4) is 0 Å². The maximum absolute atomic E-state index is 13.2. The highest BCUT2D eigenvalue weighted by atomic mass is 16.5. The zero-order valence-corrected chi connectivity index (χ0v) is 21.3. The zero-order chi connectivity index (χ0) is 25.6. The maximum atomic E-state index is 13.2. The van der Waals surface area contributed by atoms with Crippen LogP contribution in [-0.2, 0) is 16.1 Å². The molecular formula is C31H33N3O3. The van der Waals surface area contributed by atoms with Gasteiger partial charge in [-0.05, 0) is 68.2 Å². The molecule has 0 bridgehead atoms. The summed E-state index contributed by atoms with van der Waals surface area (Å²) in [5, 5.41) is 6.45. The number of anilines is 2. The van der Waals surface area contributed by atoms with Gasteiger partial charge in [-0.25, -0.2) is 4.79 Å². The number of amides is 1. The Morgan fingerprint density at radius 2 is 1.65 bits per heavy atom. The Balaban J connectivity index is 1.45. The number of ether oxygens (including phenoxy) is 1. The second-order valence-corrected chi connectivity index (χ2v) is 9.56. The monoisotopic (exact) mass is 495 g/mol. The summed E-state index contributed by atoms with van der Waals surface area (Å²) in [5.41, 5.74) is 6.15. The van der Waals surface area contributed by atoms with Gasteiger partial charge in [-0.1, -0.05) is 61.4 Å². The molecule has 6 nitrogen and oxygen atoms in total. The lowest BCUT2D eigenvalue weighted by atomic mass is 9.99. The first-order valence-electron chi connectivity index (χ1n) is 13.1. The molecule has 0 atom stereocenters. The summed E-state index contributed by atoms with van der Waals surface area (Å²) in [5.74, 6) is -0.612. The number of fused-ring (bicyclic) bond motifs is 1. The Morgan fingerprint density at radius 3 is 2.35 bits per heavy atom. The lowest BCUT2D eigenvalue weighted by Crippen LogP contribution is -2.23. The molecule has 0 radical (unpaired) electrons. The van der Waals surface area contributed by atoms with Crippen molar-refractivity contribution in [3.63, 3.8) is 0 Å². The van der Waals surface area contributed by atoms with E-state index < -0.39 is 5.97 Å². The smallest absolute Gasteiger partial charge is 0.338 e. The normalized spacial score (nSPS) is 16.9. The molecule has 3 aromatic carbocycles. The van der Waals surface area contributed by atoms with Crippen LogP contribution in [-0.4, -0.2) is 36.5 Å². The van der Waals surface area contributed by atoms with E-state index in [4.69, 9.17) is 4.74 Å². The lowest BCUT2D eigenvalue weighted by Gasteiger charge is -2.20. The second-order valence-electron chi connectivity index (χ2n) is 9.56. The van der Waals surface area contributed by atoms with E-state index in [-0.39, 0.29) is 5.91 Å². The predicted molar refractivity (Wildman–Crippen MR) is 148 cm³/mol. The van der Waals surface area contributed by atoms with Gasteiger partial charge in [0.1, 0.15) is 0 Å². The van der Waals surface area contributed by atoms with Gasteiger partial charge >= 0.3 is 5.97 Å². The maximum Gasteiger partial charge on any atom is 0.338 e. The molecule has 3 aromatic rings. The fourth-order valence-electron chi connectivity index (χ4n) is 5.04. The molecule has 190 valence electrons. The van der Waals surface area contributed by atoms with Crippen molar-refractivity contribution in [1.82, 2.24) is 4.90 Å². The molecular weight excluding hydrogens is 462 g/mol. The zero-order valence-electron chi connectivity index (χ0n) is 21.3. The minimum atomic E-state index is -0.404. The number of nitrogens with zero attached hydrogens (tertiary/aromatic N) is 1. The van der Waals surface area contributed by atoms with Crippen LogP contribution in [0.1, 0.15) is 59.7 Å². The van der Waals surface area contributed by atoms with Gasteiger partial charge in [-0.3, -0.25) is 9.69 Å². The van der Waals surface area contributed by atoms with Gasteiger partial charge in [0.05, 0.1) is 29.1 Å². The SMILES string of the molecule is CCOC(=O)c1ccc2c(c1)NC(=O)/C2=C(\Nc1ccc(CN2CCCCCC2)cc1)c1ccccc1. The molecule has 2 heterocycles. The van der Waals surface area contributed by atoms with E-state index in [0.29, 0.717) is 23.4 Å². The fraction of sp³-hybridized carbons (Fsp3) is 0.290. The van der Waals surface area contributed by atoms with Crippen molar-refractivity contribution >= 4 is 34.5 Å². The lowest BCUT2D eigenvalue weighted by molar-refractivity contribution is -0.110. The van der Waals surface area contributed by atoms with Crippen LogP contribution in [0.15, 0.2) is 72.8 Å². The number of carbonyl (C=O) groups is 2. The average Bonchev–Trinajstić information content (AvgIpc) is 3.05. The molecule has 6 heteroatoms. The summed E-state index contributed by atoms with van der Waals surface area (Å²) in [6, 6.07) is 23.5. The van der Waals surface area contributed by atoms with Crippen molar-refractivity contribution in [2.75, 3.05) is 30.3 Å². The third-order valence-corrected chi connectivity index (χ3v) is 6.92. The molecule has 2 N–H and O–H groups in total. The molecule has 2 aliphatic rings. The predicted octanol–water partition coefficient (Wildman–Crippen LogP) is 6.17. The highest BCUT2D eigenvalue weighted by molar-refractivity contribution is 6.37. The van der Waals surface area contributed by atoms with Gasteiger partial charge in [0, 0.05) is 17.8 Å². The van der Waals surface area contributed by atoms with Gasteiger partial charge in [0.25, 0.3) is 5.91 Å². The first-order chi connectivity index (χ1) is 18.1. The summed E-state index contributed by atoms with van der Waals surface area (Å²) in [6.45, 7) is 5.36. The number of benzene rings is 3. The van der Waals surface area contributed by atoms with Gasteiger partial charge < -0.3 is 15.4 Å². The quantitative estimate of drug-likeness (QED) is 0.303. The standard InChI is InChI=1S/C31H33N3O3/c1-2-37-31(36)24-14-17-26-27(20-24)33-30(35)28(26)29(23-10-6-5-7-11-23)32-25-15-12-22(13-16-25)21-34-18-8-3-4-9-19-34/h5-7,10-17,20,32H,2-4,8-9,18-19,21H2,1H3,(H,33,35)/b29-28-. The van der Waals surface area contributed by atoms with Crippen LogP contribution in [0, 0.1) is 0 Å². The van der Waals surface area contributed by atoms with Crippen molar-refractivity contribution < 1.29 is 14.3 Å². The summed E-state index contributed by atoms with van der Waals surface area (Å²) in [7, 11) is 0. The van der Waals surface area contributed by atoms with Crippen molar-refractivity contribution in [3.8, 4) is 0 Å². The van der Waals surface area contributed by atoms with Crippen LogP contribution in [0.2, 0.25) is 0 Å². The molecule has 2 aliphatic heterocycles. The van der Waals surface area contributed by atoms with Crippen LogP contribution >= 0.6 is 0 Å². The highest BCUT2D eigenvalue weighted by Gasteiger charge is 2.29. The largest absolute Gasteiger partial charge is 0.462 e. The number of hydrogen-bond acceptors (Lipinski definition) is 5. The third-order valence-electron chi connectivity index (χ3n) is 6.92. The molecule has 1 saturated heterocycles. The topological polar surface area (TPSA) is 70.7 Å². The van der Waals surface area contributed by atoms with Gasteiger partial charge in [0.2, 0.25) is 0 Å². The van der Waals surface area contributed by atoms with Crippen LogP contribution < -0.4 is 10.6 Å². The van der Waals surface area contributed by atoms with E-state index in [1.807, 2.05) is 36.4 Å². The van der Waals surface area contributed by atoms with Gasteiger partial charge in [-0.2, -0.15) is 0 Å². The summed E-state index contributed by atoms with van der Waals surface area (Å²) < 4.78 is 5.12. The van der Waals surface area contributed by atoms with Crippen molar-refractivity contribution in [1.29, 1.82) is 0 Å². The van der Waals surface area contributed by atoms with Crippen molar-refractivity contribution in [3.05, 3.63) is 95.1 Å². The fourth-order valence-corrected chi connectivity index (χ4v) is 5.04. The summed E-state index contributed by atoms with van der Waals surface area (Å²) in [4.78, 5) is 28.0. The van der Waals surface area contributed by atoms with E-state index in [1.165, 1.54) is 31.2 Å². The minimum Gasteiger partial charge on any atom is -0.462 e. The van der Waals surface area contributed by atoms with E-state index >= 15 is 0 Å². The first-order valence-corrected chi connectivity index (χ1v) is 13.1. The Morgan fingerprint density at radius 1 is 0.919 bits per heavy atom. The van der Waals surface area contributed by atoms with E-state index in [0.717, 1.165) is 42.1 Å². The molecule has 1 fully saturated rings. The molecule has 0 saturated carbocycles. The van der Waals surface area contributed by atoms with Gasteiger partial charge in [0.15, 0.2) is 0 Å². The molecule has 5 rings (SSSR count). The third kappa shape index (κ3) is 5.75. The number of carbonyl (C=O) groups excluding carboxylic acids is 2. The molecule has 0 aliphatic carbocycles. The summed E-state index contributed by atoms with van der Waals surface area (Å²) in [6.07, 6.45) is 5.21. The number of esters is 1. The molecule has 1 amide bonds. The van der Waals surface area contributed by atoms with Crippen molar-refractivity contribution in [2.24, 2.45) is 0 Å². The Kier molecular flexibility index (Phi) is 7.66. The Bertz CT molecular complexity index is 1290.